The summed E-state index contributed by atoms with van der Waals surface area (Å²) >= 11 is 0. The topological polar surface area (TPSA) is 77.1 Å². The number of carbonyl (C=O) groups is 2. The average molecular weight is 386 g/mol. The highest BCUT2D eigenvalue weighted by Gasteiger charge is 2.15. The second-order valence-electron chi connectivity index (χ2n) is 6.18. The molecule has 1 N–H and O–H groups in total. The molecule has 0 fully saturated rings. The highest BCUT2D eigenvalue weighted by Crippen LogP contribution is 2.28. The molecular formula is C21H26N2O5. The fourth-order valence-electron chi connectivity index (χ4n) is 2.77. The maximum Gasteiger partial charge on any atom is 0.339 e. The number of hydrogen-bond donors (Lipinski definition) is 1. The van der Waals surface area contributed by atoms with Crippen molar-refractivity contribution in [2.75, 3.05) is 39.7 Å². The van der Waals surface area contributed by atoms with Gasteiger partial charge in [0.1, 0.15) is 0 Å². The van der Waals surface area contributed by atoms with E-state index in [0.717, 1.165) is 5.56 Å². The lowest BCUT2D eigenvalue weighted by molar-refractivity contribution is -0.117. The van der Waals surface area contributed by atoms with E-state index in [9.17, 15) is 9.59 Å². The van der Waals surface area contributed by atoms with E-state index in [4.69, 9.17) is 14.2 Å². The van der Waals surface area contributed by atoms with E-state index in [0.29, 0.717) is 35.9 Å². The lowest BCUT2D eigenvalue weighted by atomic mass is 10.1. The Kier molecular flexibility index (Phi) is 7.83. The lowest BCUT2D eigenvalue weighted by Gasteiger charge is -2.18. The molecular weight excluding hydrogens is 360 g/mol. The molecule has 2 rings (SSSR count). The smallest absolute Gasteiger partial charge is 0.339 e. The molecule has 150 valence electrons. The maximum atomic E-state index is 12.4. The summed E-state index contributed by atoms with van der Waals surface area (Å²) in [4.78, 5) is 26.1. The Morgan fingerprint density at radius 3 is 2.50 bits per heavy atom. The normalized spacial score (nSPS) is 10.5. The SMILES string of the molecule is CCOc1ccc(CN(C)CC(=O)Nc2ccccc2C(=O)OC)cc1OC. The van der Waals surface area contributed by atoms with Gasteiger partial charge in [-0.2, -0.15) is 0 Å². The molecule has 2 aromatic rings. The summed E-state index contributed by atoms with van der Waals surface area (Å²) in [6.45, 7) is 3.18. The molecule has 0 unspecified atom stereocenters. The third-order valence-corrected chi connectivity index (χ3v) is 4.00. The summed E-state index contributed by atoms with van der Waals surface area (Å²) in [5, 5.41) is 2.76. The molecule has 0 spiro atoms. The van der Waals surface area contributed by atoms with Crippen LogP contribution < -0.4 is 14.8 Å². The Balaban J connectivity index is 1.99. The summed E-state index contributed by atoms with van der Waals surface area (Å²) < 4.78 is 15.6. The Morgan fingerprint density at radius 1 is 1.07 bits per heavy atom. The zero-order chi connectivity index (χ0) is 20.5. The van der Waals surface area contributed by atoms with Crippen LogP contribution in [-0.2, 0) is 16.1 Å². The maximum absolute atomic E-state index is 12.4. The number of nitrogens with zero attached hydrogens (tertiary/aromatic N) is 1. The number of esters is 1. The van der Waals surface area contributed by atoms with Gasteiger partial charge in [0.05, 0.1) is 38.6 Å². The number of carbonyl (C=O) groups excluding carboxylic acids is 2. The van der Waals surface area contributed by atoms with Crippen molar-refractivity contribution in [2.24, 2.45) is 0 Å². The molecule has 28 heavy (non-hydrogen) atoms. The van der Waals surface area contributed by atoms with E-state index in [-0.39, 0.29) is 12.5 Å². The summed E-state index contributed by atoms with van der Waals surface area (Å²) in [5.41, 5.74) is 1.73. The Hall–Kier alpha value is -3.06. The Bertz CT molecular complexity index is 822. The molecule has 0 radical (unpaired) electrons. The zero-order valence-electron chi connectivity index (χ0n) is 16.7. The molecule has 0 aliphatic rings. The van der Waals surface area contributed by atoms with Crippen molar-refractivity contribution in [1.82, 2.24) is 4.90 Å². The molecule has 7 nitrogen and oxygen atoms in total. The van der Waals surface area contributed by atoms with E-state index in [1.165, 1.54) is 7.11 Å². The zero-order valence-corrected chi connectivity index (χ0v) is 16.7. The van der Waals surface area contributed by atoms with Gasteiger partial charge in [-0.05, 0) is 43.8 Å². The van der Waals surface area contributed by atoms with Crippen LogP contribution in [0.1, 0.15) is 22.8 Å². The highest BCUT2D eigenvalue weighted by atomic mass is 16.5. The molecule has 2 aromatic carbocycles. The van der Waals surface area contributed by atoms with Crippen LogP contribution in [0, 0.1) is 0 Å². The van der Waals surface area contributed by atoms with Crippen molar-refractivity contribution in [1.29, 1.82) is 0 Å². The van der Waals surface area contributed by atoms with E-state index in [1.807, 2.05) is 37.1 Å². The minimum Gasteiger partial charge on any atom is -0.493 e. The summed E-state index contributed by atoms with van der Waals surface area (Å²) in [6.07, 6.45) is 0. The minimum absolute atomic E-state index is 0.158. The second kappa shape index (κ2) is 10.3. The first-order valence-corrected chi connectivity index (χ1v) is 8.94. The molecule has 0 aliphatic heterocycles. The van der Waals surface area contributed by atoms with Gasteiger partial charge in [0.25, 0.3) is 0 Å². The number of para-hydroxylation sites is 1. The van der Waals surface area contributed by atoms with Crippen molar-refractivity contribution in [3.63, 3.8) is 0 Å². The number of methoxy groups -OCH3 is 2. The van der Waals surface area contributed by atoms with Crippen LogP contribution in [-0.4, -0.2) is 51.2 Å². The van der Waals surface area contributed by atoms with E-state index < -0.39 is 5.97 Å². The molecule has 0 bridgehead atoms. The molecule has 0 saturated heterocycles. The molecule has 7 heteroatoms. The fourth-order valence-corrected chi connectivity index (χ4v) is 2.77. The largest absolute Gasteiger partial charge is 0.493 e. The number of nitrogens with one attached hydrogen (secondary N) is 1. The van der Waals surface area contributed by atoms with Crippen molar-refractivity contribution in [2.45, 2.75) is 13.5 Å². The quantitative estimate of drug-likeness (QED) is 0.668. The summed E-state index contributed by atoms with van der Waals surface area (Å²) in [5.74, 6) is 0.625. The Labute approximate surface area is 165 Å². The van der Waals surface area contributed by atoms with Crippen LogP contribution in [0.3, 0.4) is 0 Å². The first-order valence-electron chi connectivity index (χ1n) is 8.94. The molecule has 0 atom stereocenters. The van der Waals surface area contributed by atoms with E-state index in [1.54, 1.807) is 31.4 Å². The summed E-state index contributed by atoms with van der Waals surface area (Å²) in [7, 11) is 4.74. The number of amides is 1. The minimum atomic E-state index is -0.495. The Morgan fingerprint density at radius 2 is 1.82 bits per heavy atom. The van der Waals surface area contributed by atoms with Gasteiger partial charge < -0.3 is 19.5 Å². The molecule has 0 heterocycles. The first-order chi connectivity index (χ1) is 13.5. The van der Waals surface area contributed by atoms with Gasteiger partial charge in [0.15, 0.2) is 11.5 Å². The van der Waals surface area contributed by atoms with Crippen molar-refractivity contribution in [3.8, 4) is 11.5 Å². The van der Waals surface area contributed by atoms with E-state index >= 15 is 0 Å². The summed E-state index contributed by atoms with van der Waals surface area (Å²) in [6, 6.07) is 12.4. The van der Waals surface area contributed by atoms with E-state index in [2.05, 4.69) is 5.32 Å². The van der Waals surface area contributed by atoms with Crippen molar-refractivity contribution >= 4 is 17.6 Å². The van der Waals surface area contributed by atoms with Gasteiger partial charge in [-0.15, -0.1) is 0 Å². The van der Waals surface area contributed by atoms with Crippen LogP contribution >= 0.6 is 0 Å². The fraction of sp³-hybridized carbons (Fsp3) is 0.333. The number of anilines is 1. The van der Waals surface area contributed by atoms with Crippen molar-refractivity contribution in [3.05, 3.63) is 53.6 Å². The monoisotopic (exact) mass is 386 g/mol. The van der Waals surface area contributed by atoms with Gasteiger partial charge in [0, 0.05) is 6.54 Å². The van der Waals surface area contributed by atoms with Crippen LogP contribution in [0.25, 0.3) is 0 Å². The number of ether oxygens (including phenoxy) is 3. The lowest BCUT2D eigenvalue weighted by Crippen LogP contribution is -2.30. The highest BCUT2D eigenvalue weighted by molar-refractivity contribution is 6.01. The second-order valence-corrected chi connectivity index (χ2v) is 6.18. The third kappa shape index (κ3) is 5.72. The van der Waals surface area contributed by atoms with Gasteiger partial charge in [-0.1, -0.05) is 18.2 Å². The third-order valence-electron chi connectivity index (χ3n) is 4.00. The van der Waals surface area contributed by atoms with Crippen LogP contribution in [0.4, 0.5) is 5.69 Å². The number of hydrogen-bond acceptors (Lipinski definition) is 6. The standard InChI is InChI=1S/C21H26N2O5/c1-5-28-18-11-10-15(12-19(18)26-3)13-23(2)14-20(24)22-17-9-7-6-8-16(17)21(25)27-4/h6-12H,5,13-14H2,1-4H3,(H,22,24). The van der Waals surface area contributed by atoms with Gasteiger partial charge in [-0.25, -0.2) is 4.79 Å². The predicted molar refractivity (Wildman–Crippen MR) is 107 cm³/mol. The van der Waals surface area contributed by atoms with Gasteiger partial charge in [0.2, 0.25) is 5.91 Å². The number of rotatable bonds is 9. The molecule has 1 amide bonds. The number of likely N-dealkylation sites (N-methyl/N-ethyl adjacent to an activating group) is 1. The first kappa shape index (κ1) is 21.2. The van der Waals surface area contributed by atoms with Crippen LogP contribution in [0.5, 0.6) is 11.5 Å². The number of benzene rings is 2. The average Bonchev–Trinajstić information content (AvgIpc) is 2.68. The van der Waals surface area contributed by atoms with Gasteiger partial charge in [-0.3, -0.25) is 9.69 Å². The van der Waals surface area contributed by atoms with Gasteiger partial charge >= 0.3 is 5.97 Å². The predicted octanol–water partition coefficient (Wildman–Crippen LogP) is 2.95. The molecule has 0 aliphatic carbocycles. The molecule has 0 saturated carbocycles. The molecule has 0 aromatic heterocycles. The van der Waals surface area contributed by atoms with Crippen LogP contribution in [0.2, 0.25) is 0 Å². The van der Waals surface area contributed by atoms with Crippen LogP contribution in [0.15, 0.2) is 42.5 Å². The van der Waals surface area contributed by atoms with Crippen molar-refractivity contribution < 1.29 is 23.8 Å².